The van der Waals surface area contributed by atoms with Crippen LogP contribution in [-0.2, 0) is 4.74 Å². The third-order valence-corrected chi connectivity index (χ3v) is 4.40. The second-order valence-corrected chi connectivity index (χ2v) is 5.54. The quantitative estimate of drug-likeness (QED) is 0.902. The van der Waals surface area contributed by atoms with Gasteiger partial charge in [0.25, 0.3) is 0 Å². The van der Waals surface area contributed by atoms with Gasteiger partial charge in [-0.3, -0.25) is 0 Å². The Hall–Kier alpha value is -0.280. The zero-order valence-corrected chi connectivity index (χ0v) is 11.4. The number of rotatable bonds is 4. The van der Waals surface area contributed by atoms with Gasteiger partial charge in [-0.2, -0.15) is 0 Å². The number of hydrogen-bond acceptors (Lipinski definition) is 2. The lowest BCUT2D eigenvalue weighted by Gasteiger charge is -2.42. The fourth-order valence-corrected chi connectivity index (χ4v) is 2.63. The summed E-state index contributed by atoms with van der Waals surface area (Å²) in [4.78, 5) is 0. The molecule has 4 heteroatoms. The van der Waals surface area contributed by atoms with Crippen molar-refractivity contribution in [3.05, 3.63) is 33.8 Å². The Kier molecular flexibility index (Phi) is 3.99. The van der Waals surface area contributed by atoms with Gasteiger partial charge < -0.3 is 10.5 Å². The Morgan fingerprint density at radius 3 is 2.53 bits per heavy atom. The van der Waals surface area contributed by atoms with E-state index in [0.717, 1.165) is 24.8 Å². The molecule has 0 bridgehead atoms. The summed E-state index contributed by atoms with van der Waals surface area (Å²) in [7, 11) is 1.76. The van der Waals surface area contributed by atoms with Crippen molar-refractivity contribution < 1.29 is 4.74 Å². The van der Waals surface area contributed by atoms with Gasteiger partial charge in [-0.15, -0.1) is 0 Å². The second-order valence-electron chi connectivity index (χ2n) is 4.72. The molecule has 1 aromatic carbocycles. The van der Waals surface area contributed by atoms with Crippen molar-refractivity contribution >= 4 is 23.2 Å². The van der Waals surface area contributed by atoms with Crippen LogP contribution in [0.15, 0.2) is 18.2 Å². The predicted octanol–water partition coefficient (Wildman–Crippen LogP) is 3.95. The number of benzene rings is 1. The van der Waals surface area contributed by atoms with Gasteiger partial charge in [0.05, 0.1) is 15.6 Å². The molecule has 0 saturated heterocycles. The molecule has 1 atom stereocenters. The van der Waals surface area contributed by atoms with E-state index in [9.17, 15) is 0 Å². The molecule has 1 fully saturated rings. The Labute approximate surface area is 112 Å². The molecule has 17 heavy (non-hydrogen) atoms. The van der Waals surface area contributed by atoms with Crippen LogP contribution >= 0.6 is 23.2 Å². The molecule has 0 radical (unpaired) electrons. The van der Waals surface area contributed by atoms with Crippen molar-refractivity contribution in [2.75, 3.05) is 7.11 Å². The lowest BCUT2D eigenvalue weighted by Crippen LogP contribution is -2.41. The van der Waals surface area contributed by atoms with Crippen molar-refractivity contribution in [1.29, 1.82) is 0 Å². The van der Waals surface area contributed by atoms with Crippen LogP contribution in [0.25, 0.3) is 0 Å². The molecule has 1 aliphatic rings. The molecule has 0 aromatic heterocycles. The fraction of sp³-hybridized carbons (Fsp3) is 0.538. The Balaban J connectivity index is 2.08. The topological polar surface area (TPSA) is 35.2 Å². The summed E-state index contributed by atoms with van der Waals surface area (Å²) in [6, 6.07) is 5.52. The normalized spacial score (nSPS) is 19.8. The van der Waals surface area contributed by atoms with Crippen LogP contribution in [0.5, 0.6) is 0 Å². The Morgan fingerprint density at radius 1 is 1.35 bits per heavy atom. The average Bonchev–Trinajstić information content (AvgIpc) is 2.27. The summed E-state index contributed by atoms with van der Waals surface area (Å²) < 4.78 is 5.58. The third kappa shape index (κ3) is 2.76. The molecule has 1 aromatic rings. The van der Waals surface area contributed by atoms with Gasteiger partial charge in [-0.1, -0.05) is 29.3 Å². The van der Waals surface area contributed by atoms with E-state index in [2.05, 4.69) is 0 Å². The van der Waals surface area contributed by atoms with Crippen LogP contribution in [0, 0.1) is 0 Å². The highest BCUT2D eigenvalue weighted by atomic mass is 35.5. The molecule has 0 spiro atoms. The summed E-state index contributed by atoms with van der Waals surface area (Å²) in [5.41, 5.74) is 7.20. The van der Waals surface area contributed by atoms with Crippen LogP contribution in [0.3, 0.4) is 0 Å². The van der Waals surface area contributed by atoms with Gasteiger partial charge in [-0.25, -0.2) is 0 Å². The molecule has 0 amide bonds. The number of nitrogens with two attached hydrogens (primary N) is 1. The van der Waals surface area contributed by atoms with E-state index in [4.69, 9.17) is 33.7 Å². The minimum atomic E-state index is -0.0509. The molecule has 94 valence electrons. The zero-order valence-electron chi connectivity index (χ0n) is 9.88. The summed E-state index contributed by atoms with van der Waals surface area (Å²) in [6.07, 6.45) is 4.25. The fourth-order valence-electron chi connectivity index (χ4n) is 2.32. The summed E-state index contributed by atoms with van der Waals surface area (Å²) in [5, 5.41) is 1.12. The summed E-state index contributed by atoms with van der Waals surface area (Å²) >= 11 is 11.9. The lowest BCUT2D eigenvalue weighted by atomic mass is 9.75. The van der Waals surface area contributed by atoms with Crippen molar-refractivity contribution in [3.8, 4) is 0 Å². The van der Waals surface area contributed by atoms with Crippen LogP contribution in [0.1, 0.15) is 37.3 Å². The highest BCUT2D eigenvalue weighted by molar-refractivity contribution is 6.42. The first-order valence-electron chi connectivity index (χ1n) is 5.82. The molecular formula is C13H17Cl2NO. The van der Waals surface area contributed by atoms with Gasteiger partial charge in [-0.05, 0) is 43.4 Å². The number of halogens is 2. The van der Waals surface area contributed by atoms with Crippen LogP contribution in [0.2, 0.25) is 10.0 Å². The Bertz CT molecular complexity index is 399. The lowest BCUT2D eigenvalue weighted by molar-refractivity contribution is -0.0816. The largest absolute Gasteiger partial charge is 0.378 e. The third-order valence-electron chi connectivity index (χ3n) is 3.66. The maximum atomic E-state index is 6.20. The van der Waals surface area contributed by atoms with Crippen LogP contribution < -0.4 is 5.73 Å². The maximum Gasteiger partial charge on any atom is 0.0696 e. The van der Waals surface area contributed by atoms with E-state index in [1.54, 1.807) is 13.2 Å². The molecular weight excluding hydrogens is 257 g/mol. The van der Waals surface area contributed by atoms with Gasteiger partial charge in [0, 0.05) is 13.2 Å². The van der Waals surface area contributed by atoms with Gasteiger partial charge >= 0.3 is 0 Å². The first kappa shape index (κ1) is 13.2. The number of ether oxygens (including phenoxy) is 1. The SMILES string of the molecule is COC1(CC(N)c2ccc(Cl)c(Cl)c2)CCC1. The molecule has 2 nitrogen and oxygen atoms in total. The minimum Gasteiger partial charge on any atom is -0.378 e. The van der Waals surface area contributed by atoms with Gasteiger partial charge in [0.15, 0.2) is 0 Å². The van der Waals surface area contributed by atoms with Crippen LogP contribution in [0.4, 0.5) is 0 Å². The van der Waals surface area contributed by atoms with Crippen molar-refractivity contribution in [2.45, 2.75) is 37.3 Å². The van der Waals surface area contributed by atoms with Crippen molar-refractivity contribution in [1.82, 2.24) is 0 Å². The molecule has 2 N–H and O–H groups in total. The van der Waals surface area contributed by atoms with Gasteiger partial charge in [0.2, 0.25) is 0 Å². The molecule has 1 aliphatic carbocycles. The van der Waals surface area contributed by atoms with Crippen LogP contribution in [-0.4, -0.2) is 12.7 Å². The summed E-state index contributed by atoms with van der Waals surface area (Å²) in [6.45, 7) is 0. The van der Waals surface area contributed by atoms with E-state index >= 15 is 0 Å². The van der Waals surface area contributed by atoms with E-state index < -0.39 is 0 Å². The number of hydrogen-bond donors (Lipinski definition) is 1. The van der Waals surface area contributed by atoms with Crippen molar-refractivity contribution in [2.24, 2.45) is 5.73 Å². The smallest absolute Gasteiger partial charge is 0.0696 e. The highest BCUT2D eigenvalue weighted by Crippen LogP contribution is 2.41. The maximum absolute atomic E-state index is 6.20. The van der Waals surface area contributed by atoms with Gasteiger partial charge in [0.1, 0.15) is 0 Å². The standard InChI is InChI=1S/C13H17Cl2NO/c1-17-13(5-2-6-13)8-12(16)9-3-4-10(14)11(15)7-9/h3-4,7,12H,2,5-6,8,16H2,1H3. The first-order chi connectivity index (χ1) is 8.06. The highest BCUT2D eigenvalue weighted by Gasteiger charge is 2.38. The molecule has 2 rings (SSSR count). The molecule has 0 aliphatic heterocycles. The minimum absolute atomic E-state index is 0.0223. The molecule has 1 saturated carbocycles. The Morgan fingerprint density at radius 2 is 2.06 bits per heavy atom. The van der Waals surface area contributed by atoms with E-state index in [1.165, 1.54) is 6.42 Å². The summed E-state index contributed by atoms with van der Waals surface area (Å²) in [5.74, 6) is 0. The zero-order chi connectivity index (χ0) is 12.5. The first-order valence-corrected chi connectivity index (χ1v) is 6.58. The molecule has 1 unspecified atom stereocenters. The van der Waals surface area contributed by atoms with E-state index in [0.29, 0.717) is 10.0 Å². The van der Waals surface area contributed by atoms with E-state index in [1.807, 2.05) is 12.1 Å². The van der Waals surface area contributed by atoms with Crippen molar-refractivity contribution in [3.63, 3.8) is 0 Å². The molecule has 0 heterocycles. The number of methoxy groups -OCH3 is 1. The predicted molar refractivity (Wildman–Crippen MR) is 71.6 cm³/mol. The monoisotopic (exact) mass is 273 g/mol. The second kappa shape index (κ2) is 5.15. The van der Waals surface area contributed by atoms with E-state index in [-0.39, 0.29) is 11.6 Å². The average molecular weight is 274 g/mol.